The van der Waals surface area contributed by atoms with Crippen molar-refractivity contribution >= 4 is 17.6 Å². The van der Waals surface area contributed by atoms with E-state index < -0.39 is 0 Å². The van der Waals surface area contributed by atoms with Crippen LogP contribution in [-0.4, -0.2) is 19.9 Å². The molecule has 5 aromatic rings. The molecule has 0 bridgehead atoms. The highest BCUT2D eigenvalue weighted by molar-refractivity contribution is 5.71. The zero-order valence-electron chi connectivity index (χ0n) is 16.7. The molecular formula is C26H19N5. The molecule has 0 aliphatic carbocycles. The number of benzene rings is 3. The third-order valence-electron chi connectivity index (χ3n) is 4.84. The Morgan fingerprint density at radius 2 is 0.871 bits per heavy atom. The Kier molecular flexibility index (Phi) is 5.14. The van der Waals surface area contributed by atoms with Gasteiger partial charge in [0.15, 0.2) is 0 Å². The maximum absolute atomic E-state index is 4.83. The lowest BCUT2D eigenvalue weighted by molar-refractivity contribution is 1.01. The number of aromatic nitrogens is 4. The fourth-order valence-electron chi connectivity index (χ4n) is 3.35. The second kappa shape index (κ2) is 8.55. The van der Waals surface area contributed by atoms with Crippen LogP contribution in [0.5, 0.6) is 0 Å². The van der Waals surface area contributed by atoms with Crippen LogP contribution in [0.1, 0.15) is 0 Å². The fourth-order valence-corrected chi connectivity index (χ4v) is 3.35. The standard InChI is InChI=1S/C26H19N5/c1-4-10-20(11-5-1)23-16-18-27-25(29-23)31(22-14-8-3-9-15-22)26-28-19-17-24(30-26)21-12-6-2-7-13-21/h1-19H. The van der Waals surface area contributed by atoms with Gasteiger partial charge in [0.25, 0.3) is 0 Å². The average molecular weight is 401 g/mol. The van der Waals surface area contributed by atoms with E-state index in [-0.39, 0.29) is 0 Å². The molecule has 0 unspecified atom stereocenters. The van der Waals surface area contributed by atoms with Crippen LogP contribution in [-0.2, 0) is 0 Å². The second-order valence-electron chi connectivity index (χ2n) is 6.89. The lowest BCUT2D eigenvalue weighted by Gasteiger charge is -2.21. The molecule has 5 nitrogen and oxygen atoms in total. The van der Waals surface area contributed by atoms with Crippen molar-refractivity contribution < 1.29 is 0 Å². The molecule has 0 atom stereocenters. The van der Waals surface area contributed by atoms with E-state index in [1.165, 1.54) is 0 Å². The summed E-state index contributed by atoms with van der Waals surface area (Å²) in [4.78, 5) is 20.7. The molecule has 0 N–H and O–H groups in total. The van der Waals surface area contributed by atoms with Crippen molar-refractivity contribution in [1.29, 1.82) is 0 Å². The van der Waals surface area contributed by atoms with E-state index in [4.69, 9.17) is 9.97 Å². The van der Waals surface area contributed by atoms with Gasteiger partial charge in [-0.3, -0.25) is 0 Å². The molecule has 0 fully saturated rings. The number of hydrogen-bond donors (Lipinski definition) is 0. The molecule has 5 rings (SSSR count). The molecule has 0 saturated carbocycles. The number of para-hydroxylation sites is 1. The highest BCUT2D eigenvalue weighted by Crippen LogP contribution is 2.31. The fraction of sp³-hybridized carbons (Fsp3) is 0. The summed E-state index contributed by atoms with van der Waals surface area (Å²) in [5.41, 5.74) is 4.62. The van der Waals surface area contributed by atoms with Crippen molar-refractivity contribution in [2.45, 2.75) is 0 Å². The first kappa shape index (κ1) is 18.6. The van der Waals surface area contributed by atoms with Crippen molar-refractivity contribution in [1.82, 2.24) is 19.9 Å². The highest BCUT2D eigenvalue weighted by Gasteiger charge is 2.19. The number of hydrogen-bond acceptors (Lipinski definition) is 5. The Bertz CT molecular complexity index is 1190. The third kappa shape index (κ3) is 4.02. The predicted molar refractivity (Wildman–Crippen MR) is 123 cm³/mol. The summed E-state index contributed by atoms with van der Waals surface area (Å²) in [6, 6.07) is 33.8. The van der Waals surface area contributed by atoms with E-state index in [0.29, 0.717) is 11.9 Å². The Balaban J connectivity index is 1.63. The van der Waals surface area contributed by atoms with Gasteiger partial charge >= 0.3 is 0 Å². The molecule has 0 aliphatic heterocycles. The van der Waals surface area contributed by atoms with Crippen LogP contribution >= 0.6 is 0 Å². The Hall–Kier alpha value is -4.38. The molecule has 2 aromatic heterocycles. The smallest absolute Gasteiger partial charge is 0.237 e. The summed E-state index contributed by atoms with van der Waals surface area (Å²) < 4.78 is 0. The van der Waals surface area contributed by atoms with Crippen LogP contribution in [0.15, 0.2) is 116 Å². The number of anilines is 3. The number of rotatable bonds is 5. The van der Waals surface area contributed by atoms with Crippen LogP contribution in [0.2, 0.25) is 0 Å². The maximum Gasteiger partial charge on any atom is 0.237 e. The van der Waals surface area contributed by atoms with Gasteiger partial charge in [-0.25, -0.2) is 24.8 Å². The molecule has 0 spiro atoms. The summed E-state index contributed by atoms with van der Waals surface area (Å²) in [7, 11) is 0. The van der Waals surface area contributed by atoms with Gasteiger partial charge in [-0.15, -0.1) is 0 Å². The van der Waals surface area contributed by atoms with Crippen LogP contribution in [0.3, 0.4) is 0 Å². The van der Waals surface area contributed by atoms with Gasteiger partial charge in [0.1, 0.15) is 0 Å². The normalized spacial score (nSPS) is 10.6. The molecular weight excluding hydrogens is 382 g/mol. The summed E-state index contributed by atoms with van der Waals surface area (Å²) in [6.45, 7) is 0. The molecule has 0 amide bonds. The molecule has 3 aromatic carbocycles. The first-order valence-electron chi connectivity index (χ1n) is 10.0. The Labute approximate surface area is 180 Å². The average Bonchev–Trinajstić information content (AvgIpc) is 2.86. The maximum atomic E-state index is 4.83. The SMILES string of the molecule is c1ccc(-c2ccnc(N(c3ccccc3)c3nccc(-c4ccccc4)n3)n2)cc1. The summed E-state index contributed by atoms with van der Waals surface area (Å²) >= 11 is 0. The monoisotopic (exact) mass is 401 g/mol. The molecule has 5 heteroatoms. The lowest BCUT2D eigenvalue weighted by atomic mass is 10.1. The van der Waals surface area contributed by atoms with Gasteiger partial charge in [0.05, 0.1) is 17.1 Å². The highest BCUT2D eigenvalue weighted by atomic mass is 15.3. The minimum Gasteiger partial charge on any atom is -0.247 e. The summed E-state index contributed by atoms with van der Waals surface area (Å²) in [5.74, 6) is 1.02. The van der Waals surface area contributed by atoms with Crippen molar-refractivity contribution in [2.24, 2.45) is 0 Å². The minimum absolute atomic E-state index is 0.512. The summed E-state index contributed by atoms with van der Waals surface area (Å²) in [6.07, 6.45) is 3.53. The Morgan fingerprint density at radius 3 is 1.32 bits per heavy atom. The van der Waals surface area contributed by atoms with Gasteiger partial charge in [-0.1, -0.05) is 78.9 Å². The quantitative estimate of drug-likeness (QED) is 0.358. The zero-order valence-corrected chi connectivity index (χ0v) is 16.7. The first-order chi connectivity index (χ1) is 15.4. The Morgan fingerprint density at radius 1 is 0.452 bits per heavy atom. The minimum atomic E-state index is 0.512. The molecule has 31 heavy (non-hydrogen) atoms. The molecule has 148 valence electrons. The molecule has 0 radical (unpaired) electrons. The van der Waals surface area contributed by atoms with E-state index in [2.05, 4.69) is 9.97 Å². The topological polar surface area (TPSA) is 54.8 Å². The predicted octanol–water partition coefficient (Wildman–Crippen LogP) is 6.07. The van der Waals surface area contributed by atoms with Crippen molar-refractivity contribution in [2.75, 3.05) is 4.90 Å². The first-order valence-corrected chi connectivity index (χ1v) is 10.0. The van der Waals surface area contributed by atoms with Gasteiger partial charge in [-0.05, 0) is 24.3 Å². The molecule has 0 saturated heterocycles. The largest absolute Gasteiger partial charge is 0.247 e. The van der Waals surface area contributed by atoms with E-state index in [1.807, 2.05) is 108 Å². The molecule has 2 heterocycles. The van der Waals surface area contributed by atoms with Gasteiger partial charge < -0.3 is 0 Å². The lowest BCUT2D eigenvalue weighted by Crippen LogP contribution is -2.16. The summed E-state index contributed by atoms with van der Waals surface area (Å²) in [5, 5.41) is 0. The zero-order chi connectivity index (χ0) is 20.9. The van der Waals surface area contributed by atoms with Gasteiger partial charge in [0, 0.05) is 23.5 Å². The van der Waals surface area contributed by atoms with Crippen LogP contribution in [0, 0.1) is 0 Å². The third-order valence-corrected chi connectivity index (χ3v) is 4.84. The van der Waals surface area contributed by atoms with Crippen molar-refractivity contribution in [3.8, 4) is 22.5 Å². The number of nitrogens with zero attached hydrogens (tertiary/aromatic N) is 5. The van der Waals surface area contributed by atoms with E-state index in [0.717, 1.165) is 28.2 Å². The van der Waals surface area contributed by atoms with Gasteiger partial charge in [0.2, 0.25) is 11.9 Å². The van der Waals surface area contributed by atoms with Crippen molar-refractivity contribution in [3.63, 3.8) is 0 Å². The second-order valence-corrected chi connectivity index (χ2v) is 6.89. The van der Waals surface area contributed by atoms with Crippen molar-refractivity contribution in [3.05, 3.63) is 116 Å². The van der Waals surface area contributed by atoms with E-state index >= 15 is 0 Å². The van der Waals surface area contributed by atoms with Crippen LogP contribution < -0.4 is 4.90 Å². The molecule has 0 aliphatic rings. The van der Waals surface area contributed by atoms with E-state index in [9.17, 15) is 0 Å². The van der Waals surface area contributed by atoms with E-state index in [1.54, 1.807) is 12.4 Å². The van der Waals surface area contributed by atoms with Crippen LogP contribution in [0.25, 0.3) is 22.5 Å². The van der Waals surface area contributed by atoms with Gasteiger partial charge in [-0.2, -0.15) is 0 Å². The van der Waals surface area contributed by atoms with Crippen LogP contribution in [0.4, 0.5) is 17.6 Å².